The number of aliphatic hydroxyl groups is 3. The summed E-state index contributed by atoms with van der Waals surface area (Å²) < 4.78 is 0. The van der Waals surface area contributed by atoms with Crippen molar-refractivity contribution in [3.05, 3.63) is 11.6 Å². The Kier molecular flexibility index (Phi) is 6.23. The molecule has 4 aliphatic rings. The zero-order chi connectivity index (χ0) is 21.8. The molecule has 3 N–H and O–H groups in total. The van der Waals surface area contributed by atoms with Crippen LogP contribution < -0.4 is 0 Å². The molecule has 0 aromatic rings. The van der Waals surface area contributed by atoms with Gasteiger partial charge in [0.15, 0.2) is 0 Å². The fraction of sp³-hybridized carbons (Fsp3) is 0.926. The fourth-order valence-electron chi connectivity index (χ4n) is 8.72. The highest BCUT2D eigenvalue weighted by Crippen LogP contribution is 2.67. The third kappa shape index (κ3) is 3.52. The predicted molar refractivity (Wildman–Crippen MR) is 122 cm³/mol. The van der Waals surface area contributed by atoms with Gasteiger partial charge in [-0.3, -0.25) is 0 Å². The largest absolute Gasteiger partial charge is 0.390 e. The van der Waals surface area contributed by atoms with E-state index < -0.39 is 18.3 Å². The molecule has 0 heterocycles. The molecule has 4 rings (SSSR count). The number of hydrogen-bond donors (Lipinski definition) is 3. The van der Waals surface area contributed by atoms with Crippen LogP contribution in [-0.2, 0) is 0 Å². The summed E-state index contributed by atoms with van der Waals surface area (Å²) in [6.45, 7) is 12.0. The molecule has 0 amide bonds. The normalized spacial score (nSPS) is 49.2. The molecule has 172 valence electrons. The summed E-state index contributed by atoms with van der Waals surface area (Å²) in [6.07, 6.45) is 10.6. The van der Waals surface area contributed by atoms with Crippen molar-refractivity contribution in [2.45, 2.75) is 111 Å². The lowest BCUT2D eigenvalue weighted by molar-refractivity contribution is -0.112. The molecule has 10 atom stereocenters. The molecule has 0 radical (unpaired) electrons. The van der Waals surface area contributed by atoms with E-state index in [2.05, 4.69) is 34.6 Å². The van der Waals surface area contributed by atoms with Gasteiger partial charge in [0.1, 0.15) is 6.10 Å². The van der Waals surface area contributed by atoms with Crippen molar-refractivity contribution < 1.29 is 15.3 Å². The van der Waals surface area contributed by atoms with Crippen LogP contribution in [-0.4, -0.2) is 33.6 Å². The van der Waals surface area contributed by atoms with Crippen molar-refractivity contribution in [3.63, 3.8) is 0 Å². The molecule has 0 aliphatic heterocycles. The van der Waals surface area contributed by atoms with E-state index in [1.807, 2.05) is 6.08 Å². The maximum atomic E-state index is 11.3. The Morgan fingerprint density at radius 2 is 1.67 bits per heavy atom. The number of rotatable bonds is 5. The molecule has 0 aromatic heterocycles. The molecule has 0 saturated heterocycles. The molecular weight excluding hydrogens is 372 g/mol. The summed E-state index contributed by atoms with van der Waals surface area (Å²) in [7, 11) is 0. The summed E-state index contributed by atoms with van der Waals surface area (Å²) >= 11 is 0. The minimum Gasteiger partial charge on any atom is -0.390 e. The monoisotopic (exact) mass is 418 g/mol. The van der Waals surface area contributed by atoms with Gasteiger partial charge in [-0.05, 0) is 90.4 Å². The average molecular weight is 419 g/mol. The van der Waals surface area contributed by atoms with Crippen molar-refractivity contribution in [1.82, 2.24) is 0 Å². The van der Waals surface area contributed by atoms with Crippen molar-refractivity contribution in [1.29, 1.82) is 0 Å². The lowest BCUT2D eigenvalue weighted by atomic mass is 9.46. The lowest BCUT2D eigenvalue weighted by Gasteiger charge is -2.60. The van der Waals surface area contributed by atoms with E-state index in [-0.39, 0.29) is 5.41 Å². The maximum absolute atomic E-state index is 11.3. The van der Waals surface area contributed by atoms with Gasteiger partial charge in [-0.15, -0.1) is 0 Å². The van der Waals surface area contributed by atoms with Crippen molar-refractivity contribution in [2.24, 2.45) is 46.3 Å². The molecule has 0 aromatic carbocycles. The van der Waals surface area contributed by atoms with E-state index in [9.17, 15) is 15.3 Å². The third-order valence-corrected chi connectivity index (χ3v) is 10.4. The van der Waals surface area contributed by atoms with Gasteiger partial charge in [-0.1, -0.05) is 60.0 Å². The van der Waals surface area contributed by atoms with Crippen LogP contribution in [0.2, 0.25) is 0 Å². The van der Waals surface area contributed by atoms with Gasteiger partial charge in [0, 0.05) is 0 Å². The SMILES string of the molecule is CC(C)CCC[C@@H](C)[C@H]1CC[C@H]2[C@@H]3C(O)C=C4[C@@H](O)[C@@H](O)CC[C@]4(C)[C@H]3CC[C@]12C. The Bertz CT molecular complexity index is 656. The van der Waals surface area contributed by atoms with E-state index in [0.717, 1.165) is 36.2 Å². The van der Waals surface area contributed by atoms with Crippen LogP contribution in [0.4, 0.5) is 0 Å². The van der Waals surface area contributed by atoms with E-state index in [1.165, 1.54) is 38.5 Å². The summed E-state index contributed by atoms with van der Waals surface area (Å²) in [4.78, 5) is 0. The van der Waals surface area contributed by atoms with Gasteiger partial charge in [0.25, 0.3) is 0 Å². The first-order valence-corrected chi connectivity index (χ1v) is 12.9. The number of hydrogen-bond acceptors (Lipinski definition) is 3. The standard InChI is InChI=1S/C27H46O3/c1-16(2)7-6-8-17(3)18-9-10-19-24-20(11-13-26(18,19)4)27(5)14-12-22(28)25(30)21(27)15-23(24)29/h15-20,22-25,28-30H,6-14H2,1-5H3/t17-,18-,19+,20+,22+,23?,24+,25-,26-,27-/m1/s1. The Hall–Kier alpha value is -0.380. The highest BCUT2D eigenvalue weighted by atomic mass is 16.3. The Morgan fingerprint density at radius 1 is 0.933 bits per heavy atom. The molecule has 3 heteroatoms. The predicted octanol–water partition coefficient (Wildman–Crippen LogP) is 5.33. The van der Waals surface area contributed by atoms with Gasteiger partial charge in [0.05, 0.1) is 12.2 Å². The summed E-state index contributed by atoms with van der Waals surface area (Å²) in [6, 6.07) is 0. The molecule has 3 fully saturated rings. The first-order valence-electron chi connectivity index (χ1n) is 12.9. The quantitative estimate of drug-likeness (QED) is 0.529. The van der Waals surface area contributed by atoms with Crippen LogP contribution >= 0.6 is 0 Å². The van der Waals surface area contributed by atoms with E-state index in [0.29, 0.717) is 29.6 Å². The van der Waals surface area contributed by atoms with Crippen molar-refractivity contribution >= 4 is 0 Å². The van der Waals surface area contributed by atoms with Crippen LogP contribution in [0.1, 0.15) is 92.4 Å². The average Bonchev–Trinajstić information content (AvgIpc) is 3.03. The zero-order valence-electron chi connectivity index (χ0n) is 20.0. The van der Waals surface area contributed by atoms with Crippen LogP contribution in [0.25, 0.3) is 0 Å². The summed E-state index contributed by atoms with van der Waals surface area (Å²) in [5.41, 5.74) is 1.20. The topological polar surface area (TPSA) is 60.7 Å². The van der Waals surface area contributed by atoms with Gasteiger partial charge < -0.3 is 15.3 Å². The molecule has 0 bridgehead atoms. The Labute approximate surface area is 184 Å². The van der Waals surface area contributed by atoms with Gasteiger partial charge in [0.2, 0.25) is 0 Å². The second-order valence-electron chi connectivity index (χ2n) is 12.4. The minimum atomic E-state index is -0.801. The third-order valence-electron chi connectivity index (χ3n) is 10.4. The molecule has 4 aliphatic carbocycles. The van der Waals surface area contributed by atoms with Gasteiger partial charge in [-0.2, -0.15) is 0 Å². The first-order chi connectivity index (χ1) is 14.1. The molecule has 30 heavy (non-hydrogen) atoms. The minimum absolute atomic E-state index is 0.0646. The van der Waals surface area contributed by atoms with Crippen LogP contribution in [0.3, 0.4) is 0 Å². The van der Waals surface area contributed by atoms with Crippen LogP contribution in [0.15, 0.2) is 11.6 Å². The van der Waals surface area contributed by atoms with Gasteiger partial charge >= 0.3 is 0 Å². The summed E-state index contributed by atoms with van der Waals surface area (Å²) in [5.74, 6) is 3.67. The second kappa shape index (κ2) is 8.19. The lowest BCUT2D eigenvalue weighted by Crippen LogP contribution is -2.57. The van der Waals surface area contributed by atoms with E-state index in [1.54, 1.807) is 0 Å². The molecular formula is C27H46O3. The van der Waals surface area contributed by atoms with E-state index in [4.69, 9.17) is 0 Å². The molecule has 3 saturated carbocycles. The smallest absolute Gasteiger partial charge is 0.101 e. The highest BCUT2D eigenvalue weighted by molar-refractivity contribution is 5.31. The molecule has 1 unspecified atom stereocenters. The highest BCUT2D eigenvalue weighted by Gasteiger charge is 2.62. The Balaban J connectivity index is 1.56. The first kappa shape index (κ1) is 22.8. The van der Waals surface area contributed by atoms with Gasteiger partial charge in [-0.25, -0.2) is 0 Å². The zero-order valence-corrected chi connectivity index (χ0v) is 20.0. The van der Waals surface area contributed by atoms with E-state index >= 15 is 0 Å². The fourth-order valence-corrected chi connectivity index (χ4v) is 8.72. The van der Waals surface area contributed by atoms with Crippen molar-refractivity contribution in [2.75, 3.05) is 0 Å². The number of aliphatic hydroxyl groups excluding tert-OH is 3. The Morgan fingerprint density at radius 3 is 2.37 bits per heavy atom. The number of fused-ring (bicyclic) bond motifs is 5. The summed E-state index contributed by atoms with van der Waals surface area (Å²) in [5, 5.41) is 32.2. The van der Waals surface area contributed by atoms with Crippen LogP contribution in [0.5, 0.6) is 0 Å². The van der Waals surface area contributed by atoms with Crippen molar-refractivity contribution in [3.8, 4) is 0 Å². The second-order valence-corrected chi connectivity index (χ2v) is 12.4. The maximum Gasteiger partial charge on any atom is 0.101 e. The molecule has 3 nitrogen and oxygen atoms in total. The van der Waals surface area contributed by atoms with Crippen LogP contribution in [0, 0.1) is 46.3 Å². The molecule has 0 spiro atoms.